The molecule has 1 heterocycles. The molecule has 1 unspecified atom stereocenters. The number of aliphatic hydroxyl groups is 1. The van der Waals surface area contributed by atoms with Crippen molar-refractivity contribution in [1.29, 1.82) is 0 Å². The van der Waals surface area contributed by atoms with Gasteiger partial charge in [-0.25, -0.2) is 4.98 Å². The molecule has 2 N–H and O–H groups in total. The summed E-state index contributed by atoms with van der Waals surface area (Å²) in [6.07, 6.45) is 7.13. The fraction of sp³-hybridized carbons (Fsp3) is 0.500. The molecule has 5 heteroatoms. The molecule has 1 aliphatic carbocycles. The summed E-state index contributed by atoms with van der Waals surface area (Å²) in [7, 11) is 0. The van der Waals surface area contributed by atoms with Crippen molar-refractivity contribution in [3.05, 3.63) is 36.0 Å². The number of rotatable bonds is 6. The van der Waals surface area contributed by atoms with Gasteiger partial charge >= 0.3 is 0 Å². The minimum atomic E-state index is -0.153. The lowest BCUT2D eigenvalue weighted by atomic mass is 10.1. The Kier molecular flexibility index (Phi) is 5.33. The van der Waals surface area contributed by atoms with Crippen molar-refractivity contribution in [2.24, 2.45) is 5.92 Å². The fourth-order valence-electron chi connectivity index (χ4n) is 2.17. The van der Waals surface area contributed by atoms with Crippen LogP contribution in [0.2, 0.25) is 0 Å². The second-order valence-corrected chi connectivity index (χ2v) is 5.36. The first-order chi connectivity index (χ1) is 10.1. The molecule has 0 spiro atoms. The lowest BCUT2D eigenvalue weighted by molar-refractivity contribution is 0.0940. The molecule has 5 nitrogen and oxygen atoms in total. The molecule has 21 heavy (non-hydrogen) atoms. The fourth-order valence-corrected chi connectivity index (χ4v) is 2.17. The van der Waals surface area contributed by atoms with Crippen LogP contribution in [0.15, 0.2) is 30.5 Å². The number of pyridine rings is 1. The molecule has 1 aliphatic rings. The van der Waals surface area contributed by atoms with E-state index in [9.17, 15) is 4.79 Å². The van der Waals surface area contributed by atoms with Gasteiger partial charge < -0.3 is 15.2 Å². The van der Waals surface area contributed by atoms with E-state index in [2.05, 4.69) is 10.3 Å². The molecule has 0 saturated carbocycles. The largest absolute Gasteiger partial charge is 0.475 e. The van der Waals surface area contributed by atoms with Crippen molar-refractivity contribution < 1.29 is 14.6 Å². The molecule has 0 fully saturated rings. The van der Waals surface area contributed by atoms with Gasteiger partial charge in [-0.15, -0.1) is 0 Å². The number of hydrogen-bond acceptors (Lipinski definition) is 4. The Morgan fingerprint density at radius 2 is 2.38 bits per heavy atom. The first-order valence-corrected chi connectivity index (χ1v) is 7.35. The maximum absolute atomic E-state index is 12.2. The molecule has 3 atom stereocenters. The van der Waals surface area contributed by atoms with Gasteiger partial charge in [0.15, 0.2) is 0 Å². The van der Waals surface area contributed by atoms with Gasteiger partial charge in [-0.05, 0) is 25.8 Å². The number of carbonyl (C=O) groups is 1. The predicted molar refractivity (Wildman–Crippen MR) is 80.2 cm³/mol. The van der Waals surface area contributed by atoms with E-state index in [1.54, 1.807) is 18.3 Å². The summed E-state index contributed by atoms with van der Waals surface area (Å²) in [5.41, 5.74) is 0.532. The van der Waals surface area contributed by atoms with Crippen LogP contribution >= 0.6 is 0 Å². The van der Waals surface area contributed by atoms with E-state index in [1.807, 2.05) is 26.0 Å². The number of nitrogens with zero attached hydrogens (tertiary/aromatic N) is 1. The van der Waals surface area contributed by atoms with E-state index in [0.29, 0.717) is 11.4 Å². The molecule has 114 valence electrons. The van der Waals surface area contributed by atoms with Gasteiger partial charge in [0.25, 0.3) is 5.91 Å². The van der Waals surface area contributed by atoms with Crippen molar-refractivity contribution in [2.45, 2.75) is 38.8 Å². The molecule has 0 saturated heterocycles. The Hall–Kier alpha value is -1.88. The molecule has 1 aromatic heterocycles. The molecule has 1 aromatic rings. The SMILES string of the molecule is CCC(C)Oc1cc(C(=O)N[C@@H]2C=C[C@H](CO)C2)ccn1. The van der Waals surface area contributed by atoms with Crippen molar-refractivity contribution in [1.82, 2.24) is 10.3 Å². The Morgan fingerprint density at radius 1 is 1.57 bits per heavy atom. The number of amides is 1. The second-order valence-electron chi connectivity index (χ2n) is 5.36. The monoisotopic (exact) mass is 290 g/mol. The number of carbonyl (C=O) groups excluding carboxylic acids is 1. The highest BCUT2D eigenvalue weighted by atomic mass is 16.5. The zero-order chi connectivity index (χ0) is 15.2. The van der Waals surface area contributed by atoms with Gasteiger partial charge in [0.05, 0.1) is 6.10 Å². The second kappa shape index (κ2) is 7.22. The van der Waals surface area contributed by atoms with Crippen LogP contribution in [0.3, 0.4) is 0 Å². The first-order valence-electron chi connectivity index (χ1n) is 7.35. The van der Waals surface area contributed by atoms with E-state index in [0.717, 1.165) is 12.8 Å². The third kappa shape index (κ3) is 4.29. The first kappa shape index (κ1) is 15.5. The molecule has 2 rings (SSSR count). The summed E-state index contributed by atoms with van der Waals surface area (Å²) in [6, 6.07) is 3.30. The average Bonchev–Trinajstić information content (AvgIpc) is 2.95. The van der Waals surface area contributed by atoms with Gasteiger partial charge in [-0.3, -0.25) is 4.79 Å². The minimum absolute atomic E-state index is 0.0262. The molecular weight excluding hydrogens is 268 g/mol. The Bertz CT molecular complexity index is 516. The number of aliphatic hydroxyl groups excluding tert-OH is 1. The molecule has 0 radical (unpaired) electrons. The number of hydrogen-bond donors (Lipinski definition) is 2. The van der Waals surface area contributed by atoms with Crippen LogP contribution in [0.1, 0.15) is 37.0 Å². The summed E-state index contributed by atoms with van der Waals surface area (Å²) in [4.78, 5) is 16.3. The third-order valence-electron chi connectivity index (χ3n) is 3.62. The highest BCUT2D eigenvalue weighted by molar-refractivity contribution is 5.94. The average molecular weight is 290 g/mol. The molecule has 0 aliphatic heterocycles. The van der Waals surface area contributed by atoms with Crippen LogP contribution < -0.4 is 10.1 Å². The quantitative estimate of drug-likeness (QED) is 0.785. The van der Waals surface area contributed by atoms with Crippen LogP contribution in [0.4, 0.5) is 0 Å². The maximum Gasteiger partial charge on any atom is 0.251 e. The number of nitrogens with one attached hydrogen (secondary N) is 1. The van der Waals surface area contributed by atoms with Gasteiger partial charge in [0, 0.05) is 36.4 Å². The van der Waals surface area contributed by atoms with Crippen LogP contribution in [0, 0.1) is 5.92 Å². The lowest BCUT2D eigenvalue weighted by Crippen LogP contribution is -2.33. The van der Waals surface area contributed by atoms with Crippen LogP contribution in [-0.4, -0.2) is 34.8 Å². The number of ether oxygens (including phenoxy) is 1. The van der Waals surface area contributed by atoms with Crippen molar-refractivity contribution in [3.63, 3.8) is 0 Å². The van der Waals surface area contributed by atoms with Gasteiger partial charge in [-0.1, -0.05) is 19.1 Å². The van der Waals surface area contributed by atoms with Crippen molar-refractivity contribution in [2.75, 3.05) is 6.61 Å². The van der Waals surface area contributed by atoms with E-state index in [4.69, 9.17) is 9.84 Å². The topological polar surface area (TPSA) is 71.5 Å². The Labute approximate surface area is 125 Å². The zero-order valence-electron chi connectivity index (χ0n) is 12.5. The zero-order valence-corrected chi connectivity index (χ0v) is 12.5. The van der Waals surface area contributed by atoms with Crippen LogP contribution in [0.25, 0.3) is 0 Å². The van der Waals surface area contributed by atoms with Crippen molar-refractivity contribution in [3.8, 4) is 5.88 Å². The van der Waals surface area contributed by atoms with E-state index in [1.165, 1.54) is 0 Å². The van der Waals surface area contributed by atoms with Gasteiger partial charge in [0.2, 0.25) is 5.88 Å². The van der Waals surface area contributed by atoms with E-state index < -0.39 is 0 Å². The molecule has 0 aromatic carbocycles. The van der Waals surface area contributed by atoms with Gasteiger partial charge in [0.1, 0.15) is 0 Å². The van der Waals surface area contributed by atoms with E-state index >= 15 is 0 Å². The maximum atomic E-state index is 12.2. The summed E-state index contributed by atoms with van der Waals surface area (Å²) in [5.74, 6) is 0.448. The van der Waals surface area contributed by atoms with Crippen molar-refractivity contribution >= 4 is 5.91 Å². The third-order valence-corrected chi connectivity index (χ3v) is 3.62. The van der Waals surface area contributed by atoms with Crippen LogP contribution in [0.5, 0.6) is 5.88 Å². The normalized spacial score (nSPS) is 22.0. The summed E-state index contributed by atoms with van der Waals surface area (Å²) >= 11 is 0. The minimum Gasteiger partial charge on any atom is -0.475 e. The highest BCUT2D eigenvalue weighted by Gasteiger charge is 2.20. The summed E-state index contributed by atoms with van der Waals surface area (Å²) in [6.45, 7) is 4.11. The predicted octanol–water partition coefficient (Wildman–Crippen LogP) is 1.93. The lowest BCUT2D eigenvalue weighted by Gasteiger charge is -2.14. The van der Waals surface area contributed by atoms with Crippen LogP contribution in [-0.2, 0) is 0 Å². The van der Waals surface area contributed by atoms with E-state index in [-0.39, 0.29) is 30.6 Å². The molecule has 0 bridgehead atoms. The number of aromatic nitrogens is 1. The summed E-state index contributed by atoms with van der Waals surface area (Å²) in [5, 5.41) is 12.0. The smallest absolute Gasteiger partial charge is 0.251 e. The Balaban J connectivity index is 1.96. The summed E-state index contributed by atoms with van der Waals surface area (Å²) < 4.78 is 5.62. The van der Waals surface area contributed by atoms with Gasteiger partial charge in [-0.2, -0.15) is 0 Å². The Morgan fingerprint density at radius 3 is 3.05 bits per heavy atom. The molecular formula is C16H22N2O3. The highest BCUT2D eigenvalue weighted by Crippen LogP contribution is 2.18. The standard InChI is InChI=1S/C16H22N2O3/c1-3-11(2)21-15-9-13(6-7-17-15)16(20)18-14-5-4-12(8-14)10-19/h4-7,9,11-12,14,19H,3,8,10H2,1-2H3,(H,18,20)/t11?,12-,14+/m0/s1. The molecule has 1 amide bonds.